The molecule has 2 aromatic rings. The Morgan fingerprint density at radius 2 is 1.73 bits per heavy atom. The lowest BCUT2D eigenvalue weighted by molar-refractivity contribution is -0.137. The molecule has 0 amide bonds. The van der Waals surface area contributed by atoms with Gasteiger partial charge in [-0.25, -0.2) is 0 Å². The Morgan fingerprint density at radius 1 is 1.05 bits per heavy atom. The SMILES string of the molecule is CCN(c1ccccc1)C(C)Cc1cccc(C(F)(F)F)c1.[H+]. The van der Waals surface area contributed by atoms with E-state index in [1.54, 1.807) is 6.07 Å². The first-order valence-corrected chi connectivity index (χ1v) is 7.39. The number of hydrogen-bond donors (Lipinski definition) is 0. The van der Waals surface area contributed by atoms with E-state index < -0.39 is 11.7 Å². The van der Waals surface area contributed by atoms with Gasteiger partial charge < -0.3 is 4.90 Å². The lowest BCUT2D eigenvalue weighted by Gasteiger charge is -2.30. The summed E-state index contributed by atoms with van der Waals surface area (Å²) in [6.45, 7) is 4.90. The van der Waals surface area contributed by atoms with Crippen LogP contribution in [0.5, 0.6) is 0 Å². The van der Waals surface area contributed by atoms with Crippen molar-refractivity contribution in [1.29, 1.82) is 0 Å². The van der Waals surface area contributed by atoms with E-state index in [0.717, 1.165) is 18.3 Å². The fourth-order valence-electron chi connectivity index (χ4n) is 2.69. The molecule has 0 aliphatic rings. The Bertz CT molecular complexity index is 599. The minimum atomic E-state index is -4.29. The van der Waals surface area contributed by atoms with Gasteiger partial charge in [0.05, 0.1) is 5.56 Å². The largest absolute Gasteiger partial charge is 1.00 e. The summed E-state index contributed by atoms with van der Waals surface area (Å²) in [6, 6.07) is 15.6. The highest BCUT2D eigenvalue weighted by Crippen LogP contribution is 2.30. The molecule has 118 valence electrons. The minimum Gasteiger partial charge on any atom is -0.369 e. The molecular weight excluding hydrogens is 287 g/mol. The van der Waals surface area contributed by atoms with Crippen LogP contribution >= 0.6 is 0 Å². The number of rotatable bonds is 5. The molecule has 0 aliphatic heterocycles. The maximum absolute atomic E-state index is 12.8. The molecule has 22 heavy (non-hydrogen) atoms. The highest BCUT2D eigenvalue weighted by atomic mass is 19.4. The topological polar surface area (TPSA) is 3.24 Å². The average Bonchev–Trinajstić information content (AvgIpc) is 2.48. The molecule has 0 spiro atoms. The molecule has 0 bridgehead atoms. The predicted molar refractivity (Wildman–Crippen MR) is 85.2 cm³/mol. The Balaban J connectivity index is 0.00000264. The van der Waals surface area contributed by atoms with Crippen LogP contribution in [0.15, 0.2) is 54.6 Å². The number of hydrogen-bond acceptors (Lipinski definition) is 1. The maximum atomic E-state index is 12.8. The Labute approximate surface area is 130 Å². The molecule has 0 radical (unpaired) electrons. The van der Waals surface area contributed by atoms with Crippen molar-refractivity contribution in [3.8, 4) is 0 Å². The van der Waals surface area contributed by atoms with Crippen LogP contribution in [0.1, 0.15) is 26.4 Å². The lowest BCUT2D eigenvalue weighted by atomic mass is 10.0. The van der Waals surface area contributed by atoms with Crippen LogP contribution in [0, 0.1) is 0 Å². The van der Waals surface area contributed by atoms with E-state index in [2.05, 4.69) is 11.8 Å². The summed E-state index contributed by atoms with van der Waals surface area (Å²) in [6.07, 6.45) is -3.71. The quantitative estimate of drug-likeness (QED) is 0.727. The number of halogens is 3. The third kappa shape index (κ3) is 4.03. The summed E-state index contributed by atoms with van der Waals surface area (Å²) in [7, 11) is 0. The molecule has 0 heterocycles. The van der Waals surface area contributed by atoms with E-state index in [1.807, 2.05) is 37.3 Å². The number of para-hydroxylation sites is 1. The van der Waals surface area contributed by atoms with Gasteiger partial charge in [-0.3, -0.25) is 0 Å². The third-order valence-electron chi connectivity index (χ3n) is 3.75. The first-order valence-electron chi connectivity index (χ1n) is 7.39. The van der Waals surface area contributed by atoms with Crippen LogP contribution in [0.3, 0.4) is 0 Å². The smallest absolute Gasteiger partial charge is 0.369 e. The van der Waals surface area contributed by atoms with Crippen LogP contribution in [-0.4, -0.2) is 12.6 Å². The van der Waals surface area contributed by atoms with Crippen molar-refractivity contribution in [3.05, 3.63) is 65.7 Å². The van der Waals surface area contributed by atoms with Crippen molar-refractivity contribution in [2.24, 2.45) is 0 Å². The molecule has 0 saturated heterocycles. The van der Waals surface area contributed by atoms with Gasteiger partial charge in [0.25, 0.3) is 0 Å². The third-order valence-corrected chi connectivity index (χ3v) is 3.75. The molecule has 1 nitrogen and oxygen atoms in total. The number of alkyl halides is 3. The van der Waals surface area contributed by atoms with Crippen LogP contribution < -0.4 is 4.90 Å². The summed E-state index contributed by atoms with van der Waals surface area (Å²) in [5.74, 6) is 0. The maximum Gasteiger partial charge on any atom is 1.00 e. The van der Waals surface area contributed by atoms with Crippen molar-refractivity contribution in [2.45, 2.75) is 32.5 Å². The lowest BCUT2D eigenvalue weighted by Crippen LogP contribution is -2.34. The molecule has 0 saturated carbocycles. The molecule has 1 atom stereocenters. The molecular formula is C18H21F3N+. The second-order valence-corrected chi connectivity index (χ2v) is 5.37. The van der Waals surface area contributed by atoms with Crippen molar-refractivity contribution >= 4 is 5.69 Å². The summed E-state index contributed by atoms with van der Waals surface area (Å²) in [5, 5.41) is 0. The normalized spacial score (nSPS) is 13.0. The Kier molecular flexibility index (Phi) is 5.11. The van der Waals surface area contributed by atoms with Crippen molar-refractivity contribution in [3.63, 3.8) is 0 Å². The second kappa shape index (κ2) is 6.86. The molecule has 4 heteroatoms. The van der Waals surface area contributed by atoms with Gasteiger partial charge in [-0.1, -0.05) is 36.4 Å². The number of nitrogens with zero attached hydrogens (tertiary/aromatic N) is 1. The summed E-state index contributed by atoms with van der Waals surface area (Å²) < 4.78 is 38.4. The number of anilines is 1. The van der Waals surface area contributed by atoms with Gasteiger partial charge in [-0.05, 0) is 44.0 Å². The summed E-state index contributed by atoms with van der Waals surface area (Å²) in [5.41, 5.74) is 1.21. The van der Waals surface area contributed by atoms with E-state index in [-0.39, 0.29) is 7.47 Å². The van der Waals surface area contributed by atoms with Crippen molar-refractivity contribution in [1.82, 2.24) is 0 Å². The van der Waals surface area contributed by atoms with E-state index in [9.17, 15) is 13.2 Å². The van der Waals surface area contributed by atoms with Crippen molar-refractivity contribution in [2.75, 3.05) is 11.4 Å². The van der Waals surface area contributed by atoms with E-state index in [4.69, 9.17) is 0 Å². The van der Waals surface area contributed by atoms with Gasteiger partial charge in [0.15, 0.2) is 0 Å². The minimum absolute atomic E-state index is 0. The molecule has 2 rings (SSSR count). The fourth-order valence-corrected chi connectivity index (χ4v) is 2.69. The predicted octanol–water partition coefficient (Wildman–Crippen LogP) is 5.28. The zero-order chi connectivity index (χ0) is 16.2. The molecule has 0 fully saturated rings. The van der Waals surface area contributed by atoms with E-state index in [0.29, 0.717) is 12.0 Å². The average molecular weight is 308 g/mol. The summed E-state index contributed by atoms with van der Waals surface area (Å²) in [4.78, 5) is 2.19. The van der Waals surface area contributed by atoms with E-state index in [1.165, 1.54) is 12.1 Å². The van der Waals surface area contributed by atoms with Crippen LogP contribution in [-0.2, 0) is 12.6 Å². The van der Waals surface area contributed by atoms with Gasteiger partial charge in [-0.15, -0.1) is 0 Å². The molecule has 1 unspecified atom stereocenters. The first-order chi connectivity index (χ1) is 10.4. The van der Waals surface area contributed by atoms with Gasteiger partial charge in [-0.2, -0.15) is 13.2 Å². The molecule has 2 aromatic carbocycles. The van der Waals surface area contributed by atoms with Gasteiger partial charge in [0, 0.05) is 18.3 Å². The monoisotopic (exact) mass is 308 g/mol. The highest BCUT2D eigenvalue weighted by Gasteiger charge is 2.30. The van der Waals surface area contributed by atoms with Crippen LogP contribution in [0.4, 0.5) is 18.9 Å². The van der Waals surface area contributed by atoms with Gasteiger partial charge in [0.1, 0.15) is 0 Å². The fraction of sp³-hybridized carbons (Fsp3) is 0.333. The Hall–Kier alpha value is -1.97. The summed E-state index contributed by atoms with van der Waals surface area (Å²) >= 11 is 0. The number of likely N-dealkylation sites (N-methyl/N-ethyl adjacent to an activating group) is 1. The standard InChI is InChI=1S/C18H20F3N/c1-3-22(17-10-5-4-6-11-17)14(2)12-15-8-7-9-16(13-15)18(19,20)21/h4-11,13-14H,3,12H2,1-2H3/p+1. The molecule has 0 aliphatic carbocycles. The Morgan fingerprint density at radius 3 is 2.32 bits per heavy atom. The van der Waals surface area contributed by atoms with E-state index >= 15 is 0 Å². The molecule has 0 aromatic heterocycles. The number of benzene rings is 2. The first kappa shape index (κ1) is 16.4. The van der Waals surface area contributed by atoms with Gasteiger partial charge in [0.2, 0.25) is 0 Å². The van der Waals surface area contributed by atoms with Crippen molar-refractivity contribution < 1.29 is 14.6 Å². The van der Waals surface area contributed by atoms with Gasteiger partial charge >= 0.3 is 7.60 Å². The highest BCUT2D eigenvalue weighted by molar-refractivity contribution is 5.47. The zero-order valence-corrected chi connectivity index (χ0v) is 12.8. The molecule has 0 N–H and O–H groups in total. The van der Waals surface area contributed by atoms with Crippen LogP contribution in [0.25, 0.3) is 0 Å². The zero-order valence-electron chi connectivity index (χ0n) is 13.8. The second-order valence-electron chi connectivity index (χ2n) is 5.37. The van der Waals surface area contributed by atoms with Crippen LogP contribution in [0.2, 0.25) is 0 Å².